The highest BCUT2D eigenvalue weighted by molar-refractivity contribution is 5.23. The molecule has 1 heterocycles. The normalized spacial score (nSPS) is 10.9. The number of halogens is 3. The molecule has 13 heavy (non-hydrogen) atoms. The maximum absolute atomic E-state index is 12.0. The summed E-state index contributed by atoms with van der Waals surface area (Å²) in [7, 11) is 0. The molecule has 0 aromatic carbocycles. The molecule has 0 aliphatic carbocycles. The quantitative estimate of drug-likeness (QED) is 0.453. The highest BCUT2D eigenvalue weighted by Gasteiger charge is 2.32. The maximum atomic E-state index is 12.0. The van der Waals surface area contributed by atoms with Crippen molar-refractivity contribution in [1.82, 2.24) is 0 Å². The average molecular weight is 188 g/mol. The van der Waals surface area contributed by atoms with Gasteiger partial charge in [0.2, 0.25) is 0 Å². The summed E-state index contributed by atoms with van der Waals surface area (Å²) >= 11 is 0. The van der Waals surface area contributed by atoms with Crippen LogP contribution in [-0.4, -0.2) is 0 Å². The van der Waals surface area contributed by atoms with Gasteiger partial charge in [-0.2, -0.15) is 23.2 Å². The van der Waals surface area contributed by atoms with Gasteiger partial charge in [0.15, 0.2) is 12.3 Å². The number of alkyl halides is 3. The third kappa shape index (κ3) is 1.87. The molecule has 0 aliphatic rings. The number of nitrogens with zero attached hydrogens (tertiary/aromatic N) is 2. The first-order chi connectivity index (χ1) is 5.95. The SMILES string of the molecule is N#Cc1cc(C(F)(F)F)cc[n+]1[O-]. The molecule has 0 bridgehead atoms. The Balaban J connectivity index is 3.24. The van der Waals surface area contributed by atoms with Crippen LogP contribution in [0.4, 0.5) is 13.2 Å². The molecule has 68 valence electrons. The first-order valence-corrected chi connectivity index (χ1v) is 3.15. The number of aromatic nitrogens is 1. The average Bonchev–Trinajstić information content (AvgIpc) is 2.03. The highest BCUT2D eigenvalue weighted by Crippen LogP contribution is 2.28. The van der Waals surface area contributed by atoms with Crippen LogP contribution in [-0.2, 0) is 6.18 Å². The summed E-state index contributed by atoms with van der Waals surface area (Å²) in [5.41, 5.74) is -1.58. The van der Waals surface area contributed by atoms with Crippen LogP contribution < -0.4 is 4.73 Å². The molecular formula is C7H3F3N2O. The van der Waals surface area contributed by atoms with E-state index in [0.29, 0.717) is 18.3 Å². The Bertz CT molecular complexity index is 367. The zero-order chi connectivity index (χ0) is 10.1. The van der Waals surface area contributed by atoms with E-state index in [0.717, 1.165) is 0 Å². The molecule has 0 radical (unpaired) electrons. The lowest BCUT2D eigenvalue weighted by atomic mass is 10.2. The maximum Gasteiger partial charge on any atom is 0.416 e. The lowest BCUT2D eigenvalue weighted by Crippen LogP contribution is -2.30. The smallest absolute Gasteiger partial charge is 0.416 e. The standard InChI is InChI=1S/C7H3F3N2O/c8-7(9,10)5-1-2-12(13)6(3-5)4-11/h1-3H. The van der Waals surface area contributed by atoms with Gasteiger partial charge in [-0.1, -0.05) is 0 Å². The zero-order valence-electron chi connectivity index (χ0n) is 6.17. The molecule has 3 nitrogen and oxygen atoms in total. The van der Waals surface area contributed by atoms with Crippen LogP contribution in [0.15, 0.2) is 18.3 Å². The summed E-state index contributed by atoms with van der Waals surface area (Å²) in [6.45, 7) is 0. The second kappa shape index (κ2) is 2.94. The lowest BCUT2D eigenvalue weighted by Gasteiger charge is -2.05. The van der Waals surface area contributed by atoms with Crippen molar-refractivity contribution in [2.24, 2.45) is 0 Å². The van der Waals surface area contributed by atoms with E-state index in [9.17, 15) is 18.4 Å². The summed E-state index contributed by atoms with van der Waals surface area (Å²) in [5.74, 6) is 0. The number of hydrogen-bond acceptors (Lipinski definition) is 2. The fourth-order valence-electron chi connectivity index (χ4n) is 0.745. The van der Waals surface area contributed by atoms with E-state index in [2.05, 4.69) is 0 Å². The van der Waals surface area contributed by atoms with E-state index in [1.807, 2.05) is 0 Å². The van der Waals surface area contributed by atoms with Crippen LogP contribution in [0, 0.1) is 16.5 Å². The predicted octanol–water partition coefficient (Wildman–Crippen LogP) is 1.21. The fourth-order valence-corrected chi connectivity index (χ4v) is 0.745. The van der Waals surface area contributed by atoms with Gasteiger partial charge in [0.05, 0.1) is 5.56 Å². The van der Waals surface area contributed by atoms with Crippen molar-refractivity contribution in [3.8, 4) is 6.07 Å². The molecule has 0 saturated heterocycles. The van der Waals surface area contributed by atoms with Crippen LogP contribution >= 0.6 is 0 Å². The largest absolute Gasteiger partial charge is 0.618 e. The topological polar surface area (TPSA) is 50.7 Å². The summed E-state index contributed by atoms with van der Waals surface area (Å²) in [6.07, 6.45) is -3.87. The second-order valence-electron chi connectivity index (χ2n) is 2.24. The highest BCUT2D eigenvalue weighted by atomic mass is 19.4. The summed E-state index contributed by atoms with van der Waals surface area (Å²) in [4.78, 5) is 0. The molecule has 0 amide bonds. The van der Waals surface area contributed by atoms with Gasteiger partial charge in [0, 0.05) is 12.1 Å². The molecule has 0 N–H and O–H groups in total. The number of pyridine rings is 1. The Hall–Kier alpha value is -1.77. The van der Waals surface area contributed by atoms with Gasteiger partial charge < -0.3 is 5.21 Å². The molecule has 0 saturated carbocycles. The summed E-state index contributed by atoms with van der Waals surface area (Å²) in [6, 6.07) is 2.48. The van der Waals surface area contributed by atoms with Crippen LogP contribution in [0.3, 0.4) is 0 Å². The van der Waals surface area contributed by atoms with Gasteiger partial charge in [-0.3, -0.25) is 0 Å². The van der Waals surface area contributed by atoms with Crippen molar-refractivity contribution in [1.29, 1.82) is 5.26 Å². The lowest BCUT2D eigenvalue weighted by molar-refractivity contribution is -0.608. The van der Waals surface area contributed by atoms with Crippen LogP contribution in [0.25, 0.3) is 0 Å². The van der Waals surface area contributed by atoms with Crippen molar-refractivity contribution < 1.29 is 17.9 Å². The predicted molar refractivity (Wildman–Crippen MR) is 35.1 cm³/mol. The Morgan fingerprint density at radius 3 is 2.54 bits per heavy atom. The molecule has 1 aromatic heterocycles. The minimum Gasteiger partial charge on any atom is -0.618 e. The van der Waals surface area contributed by atoms with E-state index in [1.165, 1.54) is 6.07 Å². The van der Waals surface area contributed by atoms with Crippen molar-refractivity contribution in [2.45, 2.75) is 6.18 Å². The molecule has 0 fully saturated rings. The molecular weight excluding hydrogens is 185 g/mol. The third-order valence-electron chi connectivity index (χ3n) is 1.36. The van der Waals surface area contributed by atoms with E-state index in [-0.39, 0.29) is 4.73 Å². The monoisotopic (exact) mass is 188 g/mol. The third-order valence-corrected chi connectivity index (χ3v) is 1.36. The van der Waals surface area contributed by atoms with E-state index >= 15 is 0 Å². The minimum atomic E-state index is -4.53. The van der Waals surface area contributed by atoms with Crippen LogP contribution in [0.5, 0.6) is 0 Å². The number of nitriles is 1. The Labute approximate surface area is 71.2 Å². The molecule has 0 aliphatic heterocycles. The number of rotatable bonds is 0. The van der Waals surface area contributed by atoms with Crippen LogP contribution in [0.2, 0.25) is 0 Å². The van der Waals surface area contributed by atoms with E-state index in [1.54, 1.807) is 0 Å². The van der Waals surface area contributed by atoms with Gasteiger partial charge in [-0.25, -0.2) is 0 Å². The van der Waals surface area contributed by atoms with Crippen molar-refractivity contribution in [3.05, 3.63) is 34.8 Å². The molecule has 0 spiro atoms. The van der Waals surface area contributed by atoms with Crippen molar-refractivity contribution in [3.63, 3.8) is 0 Å². The molecule has 0 atom stereocenters. The fraction of sp³-hybridized carbons (Fsp3) is 0.143. The van der Waals surface area contributed by atoms with E-state index < -0.39 is 17.4 Å². The second-order valence-corrected chi connectivity index (χ2v) is 2.24. The Morgan fingerprint density at radius 1 is 1.46 bits per heavy atom. The van der Waals surface area contributed by atoms with Crippen LogP contribution in [0.1, 0.15) is 11.3 Å². The summed E-state index contributed by atoms with van der Waals surface area (Å²) < 4.78 is 36.1. The Kier molecular flexibility index (Phi) is 2.10. The van der Waals surface area contributed by atoms with E-state index in [4.69, 9.17) is 5.26 Å². The van der Waals surface area contributed by atoms with Gasteiger partial charge in [0.1, 0.15) is 0 Å². The van der Waals surface area contributed by atoms with Gasteiger partial charge in [-0.15, -0.1) is 0 Å². The molecule has 0 unspecified atom stereocenters. The molecule has 1 aromatic rings. The van der Waals surface area contributed by atoms with Gasteiger partial charge in [-0.05, 0) is 0 Å². The van der Waals surface area contributed by atoms with Crippen molar-refractivity contribution in [2.75, 3.05) is 0 Å². The summed E-state index contributed by atoms with van der Waals surface area (Å²) in [5, 5.41) is 18.9. The molecule has 6 heteroatoms. The first-order valence-electron chi connectivity index (χ1n) is 3.15. The zero-order valence-corrected chi connectivity index (χ0v) is 6.17. The minimum absolute atomic E-state index is 0.0786. The first kappa shape index (κ1) is 9.32. The van der Waals surface area contributed by atoms with Gasteiger partial charge in [0.25, 0.3) is 5.69 Å². The van der Waals surface area contributed by atoms with Crippen molar-refractivity contribution >= 4 is 0 Å². The number of hydrogen-bond donors (Lipinski definition) is 0. The Morgan fingerprint density at radius 2 is 2.08 bits per heavy atom. The van der Waals surface area contributed by atoms with Gasteiger partial charge >= 0.3 is 6.18 Å². The molecule has 1 rings (SSSR count).